The SMILES string of the molecule is CCC(CC(C)C(=O)OC)C(=O)Oc1ccc(-c2ccccc2)cc1. The third-order valence-electron chi connectivity index (χ3n) is 4.25. The summed E-state index contributed by atoms with van der Waals surface area (Å²) in [5, 5.41) is 0. The molecule has 0 aliphatic rings. The quantitative estimate of drug-likeness (QED) is 0.551. The van der Waals surface area contributed by atoms with Crippen molar-refractivity contribution in [1.29, 1.82) is 0 Å². The molecule has 0 N–H and O–H groups in total. The lowest BCUT2D eigenvalue weighted by molar-refractivity contribution is -0.146. The van der Waals surface area contributed by atoms with Crippen LogP contribution >= 0.6 is 0 Å². The fraction of sp³-hybridized carbons (Fsp3) is 0.333. The van der Waals surface area contributed by atoms with Crippen molar-refractivity contribution in [2.24, 2.45) is 11.8 Å². The van der Waals surface area contributed by atoms with E-state index >= 15 is 0 Å². The number of carbonyl (C=O) groups is 2. The Morgan fingerprint density at radius 1 is 0.920 bits per heavy atom. The van der Waals surface area contributed by atoms with E-state index in [1.807, 2.05) is 49.4 Å². The van der Waals surface area contributed by atoms with Crippen LogP contribution in [0.3, 0.4) is 0 Å². The molecule has 0 amide bonds. The van der Waals surface area contributed by atoms with Crippen LogP contribution in [0.15, 0.2) is 54.6 Å². The average molecular weight is 340 g/mol. The summed E-state index contributed by atoms with van der Waals surface area (Å²) in [7, 11) is 1.35. The molecule has 0 spiro atoms. The minimum atomic E-state index is -0.331. The Morgan fingerprint density at radius 2 is 1.52 bits per heavy atom. The minimum absolute atomic E-state index is 0.307. The highest BCUT2D eigenvalue weighted by Crippen LogP contribution is 2.24. The van der Waals surface area contributed by atoms with Crippen molar-refractivity contribution in [1.82, 2.24) is 0 Å². The summed E-state index contributed by atoms with van der Waals surface area (Å²) in [6.45, 7) is 3.67. The van der Waals surface area contributed by atoms with E-state index in [9.17, 15) is 9.59 Å². The lowest BCUT2D eigenvalue weighted by Gasteiger charge is -2.17. The Kier molecular flexibility index (Phi) is 6.75. The number of methoxy groups -OCH3 is 1. The Morgan fingerprint density at radius 3 is 2.08 bits per heavy atom. The first-order chi connectivity index (χ1) is 12.0. The van der Waals surface area contributed by atoms with E-state index in [4.69, 9.17) is 9.47 Å². The Balaban J connectivity index is 2.00. The zero-order valence-corrected chi connectivity index (χ0v) is 14.9. The van der Waals surface area contributed by atoms with Gasteiger partial charge in [0.2, 0.25) is 0 Å². The Bertz CT molecular complexity index is 692. The first-order valence-electron chi connectivity index (χ1n) is 8.50. The van der Waals surface area contributed by atoms with Crippen molar-refractivity contribution in [3.8, 4) is 16.9 Å². The highest BCUT2D eigenvalue weighted by atomic mass is 16.5. The minimum Gasteiger partial charge on any atom is -0.469 e. The number of carbonyl (C=O) groups excluding carboxylic acids is 2. The van der Waals surface area contributed by atoms with Crippen molar-refractivity contribution >= 4 is 11.9 Å². The maximum Gasteiger partial charge on any atom is 0.314 e. The third-order valence-corrected chi connectivity index (χ3v) is 4.25. The van der Waals surface area contributed by atoms with Gasteiger partial charge in [0.15, 0.2) is 0 Å². The van der Waals surface area contributed by atoms with Crippen LogP contribution in [0.5, 0.6) is 5.75 Å². The molecule has 2 rings (SSSR count). The van der Waals surface area contributed by atoms with E-state index in [1.54, 1.807) is 19.1 Å². The van der Waals surface area contributed by atoms with E-state index in [-0.39, 0.29) is 23.8 Å². The van der Waals surface area contributed by atoms with Gasteiger partial charge in [0, 0.05) is 0 Å². The maximum atomic E-state index is 12.4. The van der Waals surface area contributed by atoms with Crippen molar-refractivity contribution in [3.63, 3.8) is 0 Å². The molecule has 0 heterocycles. The molecule has 0 bridgehead atoms. The van der Waals surface area contributed by atoms with Crippen LogP contribution in [0.25, 0.3) is 11.1 Å². The summed E-state index contributed by atoms with van der Waals surface area (Å²) in [6, 6.07) is 17.4. The maximum absolute atomic E-state index is 12.4. The average Bonchev–Trinajstić information content (AvgIpc) is 2.66. The van der Waals surface area contributed by atoms with E-state index in [2.05, 4.69) is 0 Å². The predicted octanol–water partition coefficient (Wildman–Crippen LogP) is 4.48. The summed E-state index contributed by atoms with van der Waals surface area (Å²) < 4.78 is 10.2. The van der Waals surface area contributed by atoms with Crippen molar-refractivity contribution in [2.75, 3.05) is 7.11 Å². The largest absolute Gasteiger partial charge is 0.469 e. The normalized spacial score (nSPS) is 12.9. The predicted molar refractivity (Wildman–Crippen MR) is 97.1 cm³/mol. The first kappa shape index (κ1) is 18.7. The van der Waals surface area contributed by atoms with Gasteiger partial charge in [-0.2, -0.15) is 0 Å². The van der Waals surface area contributed by atoms with Crippen molar-refractivity contribution in [2.45, 2.75) is 26.7 Å². The van der Waals surface area contributed by atoms with E-state index in [0.29, 0.717) is 18.6 Å². The summed E-state index contributed by atoms with van der Waals surface area (Å²) in [5.41, 5.74) is 2.17. The summed E-state index contributed by atoms with van der Waals surface area (Å²) in [4.78, 5) is 23.9. The standard InChI is InChI=1S/C21H24O4/c1-4-16(14-15(2)20(22)24-3)21(23)25-19-12-10-18(11-13-19)17-8-6-5-7-9-17/h5-13,15-16H,4,14H2,1-3H3. The van der Waals surface area contributed by atoms with Crippen molar-refractivity contribution < 1.29 is 19.1 Å². The fourth-order valence-corrected chi connectivity index (χ4v) is 2.70. The summed E-state index contributed by atoms with van der Waals surface area (Å²) in [5.74, 6) is -0.774. The number of esters is 2. The van der Waals surface area contributed by atoms with E-state index in [1.165, 1.54) is 7.11 Å². The van der Waals surface area contributed by atoms with Crippen LogP contribution < -0.4 is 4.74 Å². The molecule has 2 atom stereocenters. The van der Waals surface area contributed by atoms with Gasteiger partial charge in [0.25, 0.3) is 0 Å². The van der Waals surface area contributed by atoms with Crippen LogP contribution in [-0.4, -0.2) is 19.0 Å². The Hall–Kier alpha value is -2.62. The summed E-state index contributed by atoms with van der Waals surface area (Å²) in [6.07, 6.45) is 1.03. The smallest absolute Gasteiger partial charge is 0.314 e. The molecule has 0 saturated heterocycles. The molecule has 0 aromatic heterocycles. The molecule has 0 aliphatic heterocycles. The molecule has 2 aromatic rings. The molecule has 2 unspecified atom stereocenters. The van der Waals surface area contributed by atoms with Gasteiger partial charge in [-0.15, -0.1) is 0 Å². The second-order valence-corrected chi connectivity index (χ2v) is 6.08. The lowest BCUT2D eigenvalue weighted by Crippen LogP contribution is -2.25. The molecule has 4 heteroatoms. The molecule has 0 radical (unpaired) electrons. The highest BCUT2D eigenvalue weighted by molar-refractivity contribution is 5.77. The van der Waals surface area contributed by atoms with E-state index < -0.39 is 0 Å². The van der Waals surface area contributed by atoms with E-state index in [0.717, 1.165) is 11.1 Å². The summed E-state index contributed by atoms with van der Waals surface area (Å²) >= 11 is 0. The lowest BCUT2D eigenvalue weighted by atomic mass is 9.94. The number of rotatable bonds is 7. The van der Waals surface area contributed by atoms with Crippen molar-refractivity contribution in [3.05, 3.63) is 54.6 Å². The van der Waals surface area contributed by atoms with Crippen LogP contribution in [0, 0.1) is 11.8 Å². The molecule has 0 fully saturated rings. The van der Waals surface area contributed by atoms with Gasteiger partial charge in [-0.25, -0.2) is 0 Å². The van der Waals surface area contributed by atoms with Gasteiger partial charge in [-0.05, 0) is 36.1 Å². The van der Waals surface area contributed by atoms with Crippen LogP contribution in [0.1, 0.15) is 26.7 Å². The third kappa shape index (κ3) is 5.18. The van der Waals surface area contributed by atoms with Gasteiger partial charge in [-0.1, -0.05) is 56.3 Å². The van der Waals surface area contributed by atoms with Gasteiger partial charge < -0.3 is 9.47 Å². The highest BCUT2D eigenvalue weighted by Gasteiger charge is 2.25. The van der Waals surface area contributed by atoms with Crippen LogP contribution in [0.2, 0.25) is 0 Å². The number of hydrogen-bond donors (Lipinski definition) is 0. The first-order valence-corrected chi connectivity index (χ1v) is 8.50. The van der Waals surface area contributed by atoms with Gasteiger partial charge in [0.1, 0.15) is 5.75 Å². The second kappa shape index (κ2) is 9.02. The van der Waals surface area contributed by atoms with Crippen LogP contribution in [-0.2, 0) is 14.3 Å². The molecule has 0 aliphatic carbocycles. The van der Waals surface area contributed by atoms with Gasteiger partial charge in [0.05, 0.1) is 18.9 Å². The number of hydrogen-bond acceptors (Lipinski definition) is 4. The molecule has 2 aromatic carbocycles. The van der Waals surface area contributed by atoms with Gasteiger partial charge >= 0.3 is 11.9 Å². The second-order valence-electron chi connectivity index (χ2n) is 6.08. The Labute approximate surface area is 148 Å². The number of benzene rings is 2. The molecule has 132 valence electrons. The van der Waals surface area contributed by atoms with Gasteiger partial charge in [-0.3, -0.25) is 9.59 Å². The molecular formula is C21H24O4. The molecule has 4 nitrogen and oxygen atoms in total. The van der Waals surface area contributed by atoms with Crippen LogP contribution in [0.4, 0.5) is 0 Å². The molecule has 0 saturated carbocycles. The zero-order valence-electron chi connectivity index (χ0n) is 14.9. The topological polar surface area (TPSA) is 52.6 Å². The zero-order chi connectivity index (χ0) is 18.2. The molecule has 25 heavy (non-hydrogen) atoms. The fourth-order valence-electron chi connectivity index (χ4n) is 2.70. The monoisotopic (exact) mass is 340 g/mol. The number of ether oxygens (including phenoxy) is 2. The molecular weight excluding hydrogens is 316 g/mol.